The van der Waals surface area contributed by atoms with E-state index >= 15 is 0 Å². The van der Waals surface area contributed by atoms with Gasteiger partial charge < -0.3 is 4.74 Å². The standard InChI is InChI=1S/C20H22O2/c1-20(2,18(21)16-11-7-4-8-12-16)19-17(13-14-22-19)15-9-5-3-6-10-15/h3-12,17,19H,13-14H2,1-2H3/t17-,19+/m1/s1. The van der Waals surface area contributed by atoms with Crippen molar-refractivity contribution in [3.05, 3.63) is 71.8 Å². The zero-order valence-electron chi connectivity index (χ0n) is 13.2. The zero-order valence-corrected chi connectivity index (χ0v) is 13.2. The van der Waals surface area contributed by atoms with Gasteiger partial charge in [0.1, 0.15) is 0 Å². The molecule has 0 saturated carbocycles. The Labute approximate surface area is 132 Å². The Kier molecular flexibility index (Phi) is 4.12. The molecule has 22 heavy (non-hydrogen) atoms. The Bertz CT molecular complexity index is 631. The predicted molar refractivity (Wildman–Crippen MR) is 88.1 cm³/mol. The Balaban J connectivity index is 1.89. The largest absolute Gasteiger partial charge is 0.377 e. The molecule has 3 rings (SSSR count). The van der Waals surface area contributed by atoms with Gasteiger partial charge in [-0.25, -0.2) is 0 Å². The molecular formula is C20H22O2. The zero-order chi connectivity index (χ0) is 15.6. The van der Waals surface area contributed by atoms with Gasteiger partial charge in [0.15, 0.2) is 5.78 Å². The van der Waals surface area contributed by atoms with E-state index in [1.165, 1.54) is 5.56 Å². The third kappa shape index (κ3) is 2.71. The first kappa shape index (κ1) is 15.0. The summed E-state index contributed by atoms with van der Waals surface area (Å²) in [4.78, 5) is 13.0. The first-order valence-electron chi connectivity index (χ1n) is 7.87. The second kappa shape index (κ2) is 6.05. The highest BCUT2D eigenvalue weighted by atomic mass is 16.5. The normalized spacial score (nSPS) is 21.7. The van der Waals surface area contributed by atoms with Crippen LogP contribution in [0.4, 0.5) is 0 Å². The SMILES string of the molecule is CC(C)(C(=O)c1ccccc1)[C@H]1OCC[C@@H]1c1ccccc1. The summed E-state index contributed by atoms with van der Waals surface area (Å²) in [6.45, 7) is 4.73. The molecule has 0 radical (unpaired) electrons. The minimum absolute atomic E-state index is 0.0809. The fourth-order valence-corrected chi connectivity index (χ4v) is 3.43. The van der Waals surface area contributed by atoms with Gasteiger partial charge >= 0.3 is 0 Å². The minimum atomic E-state index is -0.543. The van der Waals surface area contributed by atoms with E-state index in [9.17, 15) is 4.79 Å². The summed E-state index contributed by atoms with van der Waals surface area (Å²) in [5.74, 6) is 0.435. The number of rotatable bonds is 4. The molecule has 1 heterocycles. The van der Waals surface area contributed by atoms with Crippen LogP contribution in [0.15, 0.2) is 60.7 Å². The molecule has 0 N–H and O–H groups in total. The summed E-state index contributed by atoms with van der Waals surface area (Å²) in [7, 11) is 0. The summed E-state index contributed by atoms with van der Waals surface area (Å²) in [6, 6.07) is 19.9. The van der Waals surface area contributed by atoms with E-state index in [-0.39, 0.29) is 17.8 Å². The Morgan fingerprint density at radius 1 is 1.00 bits per heavy atom. The number of ketones is 1. The second-order valence-corrected chi connectivity index (χ2v) is 6.51. The lowest BCUT2D eigenvalue weighted by molar-refractivity contribution is 0.0146. The van der Waals surface area contributed by atoms with Crippen molar-refractivity contribution in [3.63, 3.8) is 0 Å². The second-order valence-electron chi connectivity index (χ2n) is 6.51. The van der Waals surface area contributed by atoms with Crippen molar-refractivity contribution in [2.75, 3.05) is 6.61 Å². The number of carbonyl (C=O) groups is 1. The molecule has 114 valence electrons. The molecule has 2 aromatic rings. The number of Topliss-reactive ketones (excluding diaryl/α,β-unsaturated/α-hetero) is 1. The van der Waals surface area contributed by atoms with E-state index in [2.05, 4.69) is 24.3 Å². The van der Waals surface area contributed by atoms with Crippen LogP contribution in [0.1, 0.15) is 42.1 Å². The molecule has 0 amide bonds. The maximum Gasteiger partial charge on any atom is 0.171 e. The van der Waals surface area contributed by atoms with Crippen LogP contribution >= 0.6 is 0 Å². The van der Waals surface area contributed by atoms with Crippen molar-refractivity contribution in [2.45, 2.75) is 32.3 Å². The van der Waals surface area contributed by atoms with Crippen molar-refractivity contribution in [1.29, 1.82) is 0 Å². The average molecular weight is 294 g/mol. The van der Waals surface area contributed by atoms with Crippen LogP contribution in [0.5, 0.6) is 0 Å². The number of ether oxygens (including phenoxy) is 1. The van der Waals surface area contributed by atoms with Gasteiger partial charge in [-0.3, -0.25) is 4.79 Å². The Hall–Kier alpha value is -1.93. The van der Waals surface area contributed by atoms with Crippen molar-refractivity contribution >= 4 is 5.78 Å². The fraction of sp³-hybridized carbons (Fsp3) is 0.350. The summed E-state index contributed by atoms with van der Waals surface area (Å²) in [5.41, 5.74) is 1.48. The molecule has 0 spiro atoms. The van der Waals surface area contributed by atoms with Crippen LogP contribution in [0, 0.1) is 5.41 Å². The summed E-state index contributed by atoms with van der Waals surface area (Å²) in [5, 5.41) is 0. The van der Waals surface area contributed by atoms with E-state index < -0.39 is 5.41 Å². The van der Waals surface area contributed by atoms with Crippen LogP contribution in [0.2, 0.25) is 0 Å². The molecule has 1 saturated heterocycles. The summed E-state index contributed by atoms with van der Waals surface area (Å²) < 4.78 is 6.01. The van der Waals surface area contributed by atoms with Gasteiger partial charge in [0.05, 0.1) is 11.5 Å². The van der Waals surface area contributed by atoms with Crippen LogP contribution in [-0.2, 0) is 4.74 Å². The van der Waals surface area contributed by atoms with Crippen molar-refractivity contribution in [3.8, 4) is 0 Å². The molecule has 1 aliphatic heterocycles. The maximum atomic E-state index is 13.0. The number of benzene rings is 2. The lowest BCUT2D eigenvalue weighted by atomic mass is 9.72. The molecule has 1 fully saturated rings. The molecule has 0 aromatic heterocycles. The monoisotopic (exact) mass is 294 g/mol. The maximum absolute atomic E-state index is 13.0. The van der Waals surface area contributed by atoms with E-state index in [1.807, 2.05) is 50.2 Å². The third-order valence-electron chi connectivity index (χ3n) is 4.65. The highest BCUT2D eigenvalue weighted by molar-refractivity contribution is 6.00. The topological polar surface area (TPSA) is 26.3 Å². The lowest BCUT2D eigenvalue weighted by Crippen LogP contribution is -2.40. The Morgan fingerprint density at radius 3 is 2.23 bits per heavy atom. The molecule has 0 aliphatic carbocycles. The summed E-state index contributed by atoms with van der Waals surface area (Å²) in [6.07, 6.45) is 0.891. The quantitative estimate of drug-likeness (QED) is 0.778. The first-order valence-corrected chi connectivity index (χ1v) is 7.87. The number of hydrogen-bond acceptors (Lipinski definition) is 2. The summed E-state index contributed by atoms with van der Waals surface area (Å²) >= 11 is 0. The van der Waals surface area contributed by atoms with Crippen LogP contribution < -0.4 is 0 Å². The van der Waals surface area contributed by atoms with Gasteiger partial charge in [0.2, 0.25) is 0 Å². The number of carbonyl (C=O) groups excluding carboxylic acids is 1. The third-order valence-corrected chi connectivity index (χ3v) is 4.65. The van der Waals surface area contributed by atoms with E-state index in [0.29, 0.717) is 0 Å². The van der Waals surface area contributed by atoms with Gasteiger partial charge in [-0.05, 0) is 12.0 Å². The molecule has 2 atom stereocenters. The lowest BCUT2D eigenvalue weighted by Gasteiger charge is -2.33. The van der Waals surface area contributed by atoms with Crippen molar-refractivity contribution in [2.24, 2.45) is 5.41 Å². The van der Waals surface area contributed by atoms with Gasteiger partial charge in [-0.1, -0.05) is 74.5 Å². The van der Waals surface area contributed by atoms with E-state index in [1.54, 1.807) is 0 Å². The van der Waals surface area contributed by atoms with Crippen molar-refractivity contribution < 1.29 is 9.53 Å². The average Bonchev–Trinajstić information content (AvgIpc) is 3.06. The van der Waals surface area contributed by atoms with Crippen LogP contribution in [-0.4, -0.2) is 18.5 Å². The number of hydrogen-bond donors (Lipinski definition) is 0. The molecule has 0 unspecified atom stereocenters. The van der Waals surface area contributed by atoms with E-state index in [0.717, 1.165) is 18.6 Å². The van der Waals surface area contributed by atoms with Crippen LogP contribution in [0.25, 0.3) is 0 Å². The predicted octanol–water partition coefficient (Wildman–Crippen LogP) is 4.47. The fourth-order valence-electron chi connectivity index (χ4n) is 3.43. The molecule has 2 aromatic carbocycles. The van der Waals surface area contributed by atoms with E-state index in [4.69, 9.17) is 4.74 Å². The highest BCUT2D eigenvalue weighted by Crippen LogP contribution is 2.42. The Morgan fingerprint density at radius 2 is 1.59 bits per heavy atom. The van der Waals surface area contributed by atoms with Gasteiger partial charge in [-0.15, -0.1) is 0 Å². The first-order chi connectivity index (χ1) is 10.6. The molecule has 0 bridgehead atoms. The molecular weight excluding hydrogens is 272 g/mol. The van der Waals surface area contributed by atoms with Gasteiger partial charge in [0, 0.05) is 18.1 Å². The highest BCUT2D eigenvalue weighted by Gasteiger charge is 2.45. The van der Waals surface area contributed by atoms with Crippen molar-refractivity contribution in [1.82, 2.24) is 0 Å². The minimum Gasteiger partial charge on any atom is -0.377 e. The van der Waals surface area contributed by atoms with Gasteiger partial charge in [0.25, 0.3) is 0 Å². The van der Waals surface area contributed by atoms with Crippen LogP contribution in [0.3, 0.4) is 0 Å². The molecule has 2 heteroatoms. The molecule has 1 aliphatic rings. The van der Waals surface area contributed by atoms with Gasteiger partial charge in [-0.2, -0.15) is 0 Å². The smallest absolute Gasteiger partial charge is 0.171 e. The molecule has 2 nitrogen and oxygen atoms in total.